The second-order valence-electron chi connectivity index (χ2n) is 5.48. The number of nitrogens with two attached hydrogens (primary N) is 1. The van der Waals surface area contributed by atoms with Gasteiger partial charge in [-0.05, 0) is 19.2 Å². The lowest BCUT2D eigenvalue weighted by Crippen LogP contribution is -2.49. The molecule has 3 rings (SSSR count). The first kappa shape index (κ1) is 14.9. The number of piperazine rings is 1. The second kappa shape index (κ2) is 6.85. The largest absolute Gasteiger partial charge is 0.454 e. The molecule has 0 spiro atoms. The highest BCUT2D eigenvalue weighted by molar-refractivity contribution is 5.94. The van der Waals surface area contributed by atoms with Crippen molar-refractivity contribution in [3.05, 3.63) is 18.2 Å². The van der Waals surface area contributed by atoms with Crippen molar-refractivity contribution in [3.63, 3.8) is 0 Å². The van der Waals surface area contributed by atoms with Crippen molar-refractivity contribution in [2.24, 2.45) is 10.7 Å². The summed E-state index contributed by atoms with van der Waals surface area (Å²) in [5, 5.41) is 3.39. The zero-order valence-electron chi connectivity index (χ0n) is 12.9. The number of nitrogens with zero attached hydrogens (tertiary/aromatic N) is 3. The fourth-order valence-electron chi connectivity index (χ4n) is 2.51. The standard InChI is InChI=1S/C15H23N5O2/c1-19-6-8-20(9-7-19)15(17-5-4-16)18-12-2-3-13-14(10-12)22-11-21-13/h2-3,10H,4-9,11,16H2,1H3,(H,17,18). The van der Waals surface area contributed by atoms with Crippen molar-refractivity contribution >= 4 is 11.6 Å². The summed E-state index contributed by atoms with van der Waals surface area (Å²) in [5.74, 6) is 2.42. The van der Waals surface area contributed by atoms with Crippen molar-refractivity contribution in [2.45, 2.75) is 0 Å². The number of nitrogens with one attached hydrogen (secondary N) is 1. The smallest absolute Gasteiger partial charge is 0.231 e. The number of likely N-dealkylation sites (N-methyl/N-ethyl adjacent to an activating group) is 1. The summed E-state index contributed by atoms with van der Waals surface area (Å²) in [4.78, 5) is 9.18. The van der Waals surface area contributed by atoms with Crippen LogP contribution in [0, 0.1) is 0 Å². The molecule has 1 fully saturated rings. The Hall–Kier alpha value is -1.99. The monoisotopic (exact) mass is 305 g/mol. The maximum atomic E-state index is 5.60. The number of rotatable bonds is 3. The number of anilines is 1. The van der Waals surface area contributed by atoms with Crippen molar-refractivity contribution in [1.82, 2.24) is 9.80 Å². The predicted molar refractivity (Wildman–Crippen MR) is 86.6 cm³/mol. The van der Waals surface area contributed by atoms with Gasteiger partial charge in [0.2, 0.25) is 6.79 Å². The van der Waals surface area contributed by atoms with E-state index in [-0.39, 0.29) is 6.79 Å². The van der Waals surface area contributed by atoms with Crippen LogP contribution in [0.15, 0.2) is 23.2 Å². The number of hydrogen-bond donors (Lipinski definition) is 2. The molecule has 0 amide bonds. The number of fused-ring (bicyclic) bond motifs is 1. The van der Waals surface area contributed by atoms with Crippen LogP contribution < -0.4 is 20.5 Å². The summed E-state index contributed by atoms with van der Waals surface area (Å²) in [6.45, 7) is 5.41. The minimum Gasteiger partial charge on any atom is -0.454 e. The van der Waals surface area contributed by atoms with Gasteiger partial charge in [-0.2, -0.15) is 0 Å². The number of hydrogen-bond acceptors (Lipinski definition) is 5. The van der Waals surface area contributed by atoms with Gasteiger partial charge in [-0.15, -0.1) is 0 Å². The summed E-state index contributed by atoms with van der Waals surface area (Å²) in [6, 6.07) is 5.83. The summed E-state index contributed by atoms with van der Waals surface area (Å²) >= 11 is 0. The Balaban J connectivity index is 1.72. The number of guanidine groups is 1. The highest BCUT2D eigenvalue weighted by Crippen LogP contribution is 2.34. The molecule has 7 nitrogen and oxygen atoms in total. The van der Waals surface area contributed by atoms with Gasteiger partial charge >= 0.3 is 0 Å². The minimum absolute atomic E-state index is 0.283. The van der Waals surface area contributed by atoms with Gasteiger partial charge in [-0.3, -0.25) is 4.99 Å². The number of benzene rings is 1. The summed E-state index contributed by atoms with van der Waals surface area (Å²) in [6.07, 6.45) is 0. The Morgan fingerprint density at radius 3 is 2.77 bits per heavy atom. The van der Waals surface area contributed by atoms with E-state index in [1.165, 1.54) is 0 Å². The Morgan fingerprint density at radius 1 is 1.23 bits per heavy atom. The molecule has 120 valence electrons. The average molecular weight is 305 g/mol. The van der Waals surface area contributed by atoms with E-state index in [0.29, 0.717) is 13.1 Å². The van der Waals surface area contributed by atoms with Crippen LogP contribution in [0.4, 0.5) is 5.69 Å². The van der Waals surface area contributed by atoms with Crippen LogP contribution in [0.2, 0.25) is 0 Å². The maximum absolute atomic E-state index is 5.60. The lowest BCUT2D eigenvalue weighted by molar-refractivity contribution is 0.174. The summed E-state index contributed by atoms with van der Waals surface area (Å²) < 4.78 is 10.8. The topological polar surface area (TPSA) is 75.4 Å². The molecule has 2 aliphatic heterocycles. The SMILES string of the molecule is CN1CCN(C(=NCCN)Nc2ccc3c(c2)OCO3)CC1. The van der Waals surface area contributed by atoms with Crippen molar-refractivity contribution in [3.8, 4) is 11.5 Å². The third-order valence-electron chi connectivity index (χ3n) is 3.82. The van der Waals surface area contributed by atoms with Gasteiger partial charge in [0.25, 0.3) is 0 Å². The van der Waals surface area contributed by atoms with Gasteiger partial charge in [0, 0.05) is 44.5 Å². The normalized spacial score (nSPS) is 18.6. The zero-order chi connectivity index (χ0) is 15.4. The summed E-state index contributed by atoms with van der Waals surface area (Å²) in [7, 11) is 2.14. The van der Waals surface area contributed by atoms with Crippen molar-refractivity contribution < 1.29 is 9.47 Å². The summed E-state index contributed by atoms with van der Waals surface area (Å²) in [5.41, 5.74) is 6.54. The third-order valence-corrected chi connectivity index (χ3v) is 3.82. The average Bonchev–Trinajstić information content (AvgIpc) is 3.00. The van der Waals surface area contributed by atoms with Crippen LogP contribution in [0.3, 0.4) is 0 Å². The second-order valence-corrected chi connectivity index (χ2v) is 5.48. The molecular formula is C15H23N5O2. The van der Waals surface area contributed by atoms with Crippen LogP contribution in [-0.4, -0.2) is 68.9 Å². The molecule has 7 heteroatoms. The van der Waals surface area contributed by atoms with Gasteiger partial charge in [-0.1, -0.05) is 0 Å². The molecule has 1 saturated heterocycles. The molecule has 0 aromatic heterocycles. The van der Waals surface area contributed by atoms with E-state index in [2.05, 4.69) is 27.2 Å². The molecule has 0 radical (unpaired) electrons. The lowest BCUT2D eigenvalue weighted by atomic mass is 10.2. The minimum atomic E-state index is 0.283. The Morgan fingerprint density at radius 2 is 2.00 bits per heavy atom. The molecule has 22 heavy (non-hydrogen) atoms. The molecule has 3 N–H and O–H groups in total. The molecule has 1 aromatic rings. The van der Waals surface area contributed by atoms with Crippen molar-refractivity contribution in [1.29, 1.82) is 0 Å². The molecular weight excluding hydrogens is 282 g/mol. The quantitative estimate of drug-likeness (QED) is 0.621. The first-order chi connectivity index (χ1) is 10.8. The van der Waals surface area contributed by atoms with Crippen LogP contribution in [0.5, 0.6) is 11.5 Å². The molecule has 0 unspecified atom stereocenters. The Labute approximate surface area is 130 Å². The van der Waals surface area contributed by atoms with Crippen LogP contribution in [-0.2, 0) is 0 Å². The van der Waals surface area contributed by atoms with Gasteiger partial charge in [-0.25, -0.2) is 0 Å². The Kier molecular flexibility index (Phi) is 4.65. The van der Waals surface area contributed by atoms with E-state index in [9.17, 15) is 0 Å². The number of aliphatic imine (C=N–C) groups is 1. The van der Waals surface area contributed by atoms with Gasteiger partial charge in [0.15, 0.2) is 17.5 Å². The predicted octanol–water partition coefficient (Wildman–Crippen LogP) is 0.389. The van der Waals surface area contributed by atoms with E-state index < -0.39 is 0 Å². The molecule has 0 saturated carbocycles. The maximum Gasteiger partial charge on any atom is 0.231 e. The van der Waals surface area contributed by atoms with E-state index in [4.69, 9.17) is 15.2 Å². The lowest BCUT2D eigenvalue weighted by Gasteiger charge is -2.34. The van der Waals surface area contributed by atoms with E-state index in [1.807, 2.05) is 18.2 Å². The fourth-order valence-corrected chi connectivity index (χ4v) is 2.51. The third kappa shape index (κ3) is 3.42. The molecule has 0 bridgehead atoms. The first-order valence-corrected chi connectivity index (χ1v) is 7.61. The fraction of sp³-hybridized carbons (Fsp3) is 0.533. The van der Waals surface area contributed by atoms with E-state index >= 15 is 0 Å². The van der Waals surface area contributed by atoms with Crippen LogP contribution in [0.1, 0.15) is 0 Å². The molecule has 0 aliphatic carbocycles. The Bertz CT molecular complexity index is 541. The van der Waals surface area contributed by atoms with Crippen LogP contribution >= 0.6 is 0 Å². The van der Waals surface area contributed by atoms with Crippen molar-refractivity contribution in [2.75, 3.05) is 58.4 Å². The molecule has 1 aromatic carbocycles. The molecule has 2 aliphatic rings. The van der Waals surface area contributed by atoms with Gasteiger partial charge in [0.1, 0.15) is 0 Å². The highest BCUT2D eigenvalue weighted by Gasteiger charge is 2.19. The van der Waals surface area contributed by atoms with Gasteiger partial charge < -0.3 is 30.3 Å². The number of ether oxygens (including phenoxy) is 2. The van der Waals surface area contributed by atoms with E-state index in [0.717, 1.165) is 49.3 Å². The zero-order valence-corrected chi connectivity index (χ0v) is 12.9. The van der Waals surface area contributed by atoms with E-state index in [1.54, 1.807) is 0 Å². The molecule has 2 heterocycles. The molecule has 0 atom stereocenters. The highest BCUT2D eigenvalue weighted by atomic mass is 16.7. The van der Waals surface area contributed by atoms with Gasteiger partial charge in [0.05, 0.1) is 6.54 Å². The first-order valence-electron chi connectivity index (χ1n) is 7.61. The van der Waals surface area contributed by atoms with Crippen LogP contribution in [0.25, 0.3) is 0 Å².